The second-order valence-electron chi connectivity index (χ2n) is 4.11. The van der Waals surface area contributed by atoms with Crippen molar-refractivity contribution < 1.29 is 10.2 Å². The van der Waals surface area contributed by atoms with Gasteiger partial charge in [-0.25, -0.2) is 9.78 Å². The minimum Gasteiger partial charge on any atom is -0.368 e. The molecule has 0 fully saturated rings. The van der Waals surface area contributed by atoms with E-state index < -0.39 is 17.5 Å². The molecule has 98 valence electrons. The number of aliphatic hydroxyl groups excluding tert-OH is 1. The highest BCUT2D eigenvalue weighted by atomic mass is 16.5. The molecule has 8 nitrogen and oxygen atoms in total. The summed E-state index contributed by atoms with van der Waals surface area (Å²) in [6, 6.07) is 0. The predicted molar refractivity (Wildman–Crippen MR) is 63.1 cm³/mol. The van der Waals surface area contributed by atoms with E-state index in [1.54, 1.807) is 0 Å². The minimum absolute atomic E-state index is 0.105. The molecule has 0 bridgehead atoms. The van der Waals surface area contributed by atoms with E-state index in [1.807, 2.05) is 0 Å². The number of aryl methyl sites for hydroxylation is 2. The molecule has 2 heterocycles. The highest BCUT2D eigenvalue weighted by Gasteiger charge is 2.13. The summed E-state index contributed by atoms with van der Waals surface area (Å²) in [5.74, 6) is 0.441. The summed E-state index contributed by atoms with van der Waals surface area (Å²) in [4.78, 5) is 30.4. The molecule has 18 heavy (non-hydrogen) atoms. The fourth-order valence-electron chi connectivity index (χ4n) is 1.76. The number of hydrogen-bond acceptors (Lipinski definition) is 5. The van der Waals surface area contributed by atoms with Crippen LogP contribution in [0.5, 0.6) is 0 Å². The number of nitrogens with one attached hydrogen (secondary N) is 1. The molecule has 8 heteroatoms. The molecule has 2 aromatic rings. The van der Waals surface area contributed by atoms with E-state index in [9.17, 15) is 9.59 Å². The zero-order valence-electron chi connectivity index (χ0n) is 10.0. The van der Waals surface area contributed by atoms with E-state index in [1.165, 1.54) is 18.7 Å². The smallest absolute Gasteiger partial charge is 0.332 e. The molecule has 0 radical (unpaired) electrons. The average Bonchev–Trinajstić information content (AvgIpc) is 2.75. The van der Waals surface area contributed by atoms with Gasteiger partial charge in [-0.05, 0) is 0 Å². The van der Waals surface area contributed by atoms with Gasteiger partial charge in [0.05, 0.1) is 0 Å². The summed E-state index contributed by atoms with van der Waals surface area (Å²) < 4.78 is 2.26. The lowest BCUT2D eigenvalue weighted by molar-refractivity contribution is -0.0449. The Balaban J connectivity index is 2.58. The molecular weight excluding hydrogens is 240 g/mol. The zero-order valence-corrected chi connectivity index (χ0v) is 10.0. The fourth-order valence-corrected chi connectivity index (χ4v) is 1.76. The maximum atomic E-state index is 11.8. The van der Waals surface area contributed by atoms with Gasteiger partial charge in [-0.15, -0.1) is 0 Å². The predicted octanol–water partition coefficient (Wildman–Crippen LogP) is -1.80. The number of aliphatic hydroxyl groups is 2. The topological polar surface area (TPSA) is 113 Å². The number of fused-ring (bicyclic) bond motifs is 1. The van der Waals surface area contributed by atoms with Crippen LogP contribution in [-0.2, 0) is 20.5 Å². The van der Waals surface area contributed by atoms with Crippen molar-refractivity contribution in [2.45, 2.75) is 19.1 Å². The van der Waals surface area contributed by atoms with Crippen LogP contribution in [0.25, 0.3) is 11.2 Å². The van der Waals surface area contributed by atoms with Crippen molar-refractivity contribution in [3.05, 3.63) is 26.7 Å². The van der Waals surface area contributed by atoms with Crippen LogP contribution >= 0.6 is 0 Å². The summed E-state index contributed by atoms with van der Waals surface area (Å²) in [6.07, 6.45) is -1.04. The number of aromatic amines is 1. The van der Waals surface area contributed by atoms with Crippen LogP contribution in [-0.4, -0.2) is 35.6 Å². The highest BCUT2D eigenvalue weighted by Crippen LogP contribution is 2.06. The Morgan fingerprint density at radius 2 is 1.94 bits per heavy atom. The minimum atomic E-state index is -1.43. The first kappa shape index (κ1) is 12.5. The van der Waals surface area contributed by atoms with Gasteiger partial charge in [-0.3, -0.25) is 13.9 Å². The summed E-state index contributed by atoms with van der Waals surface area (Å²) in [5.41, 5.74) is -0.392. The third-order valence-corrected chi connectivity index (χ3v) is 2.78. The summed E-state index contributed by atoms with van der Waals surface area (Å²) in [6.45, 7) is 0. The molecule has 0 aliphatic heterocycles. The molecule has 0 atom stereocenters. The Kier molecular flexibility index (Phi) is 3.05. The van der Waals surface area contributed by atoms with Gasteiger partial charge in [0.2, 0.25) is 0 Å². The van der Waals surface area contributed by atoms with Crippen molar-refractivity contribution in [1.82, 2.24) is 19.1 Å². The monoisotopic (exact) mass is 254 g/mol. The van der Waals surface area contributed by atoms with Gasteiger partial charge < -0.3 is 15.2 Å². The van der Waals surface area contributed by atoms with Gasteiger partial charge >= 0.3 is 5.69 Å². The summed E-state index contributed by atoms with van der Waals surface area (Å²) >= 11 is 0. The van der Waals surface area contributed by atoms with E-state index >= 15 is 0 Å². The Labute approximate surface area is 101 Å². The van der Waals surface area contributed by atoms with Crippen molar-refractivity contribution in [2.24, 2.45) is 14.1 Å². The molecule has 0 saturated heterocycles. The third-order valence-electron chi connectivity index (χ3n) is 2.78. The maximum Gasteiger partial charge on any atom is 0.332 e. The van der Waals surface area contributed by atoms with Crippen LogP contribution < -0.4 is 11.2 Å². The van der Waals surface area contributed by atoms with Crippen LogP contribution in [0.15, 0.2) is 9.59 Å². The first-order valence-electron chi connectivity index (χ1n) is 5.42. The molecule has 0 aromatic carbocycles. The molecule has 0 unspecified atom stereocenters. The lowest BCUT2D eigenvalue weighted by atomic mass is 10.3. The van der Waals surface area contributed by atoms with Gasteiger partial charge in [0, 0.05) is 26.9 Å². The van der Waals surface area contributed by atoms with Crippen LogP contribution in [0.1, 0.15) is 12.2 Å². The third kappa shape index (κ3) is 1.95. The van der Waals surface area contributed by atoms with Crippen LogP contribution in [0.3, 0.4) is 0 Å². The second kappa shape index (κ2) is 4.39. The number of imidazole rings is 1. The van der Waals surface area contributed by atoms with E-state index in [0.29, 0.717) is 5.82 Å². The van der Waals surface area contributed by atoms with Gasteiger partial charge in [0.1, 0.15) is 11.3 Å². The molecule has 0 aliphatic carbocycles. The molecule has 2 rings (SSSR count). The molecule has 3 N–H and O–H groups in total. The van der Waals surface area contributed by atoms with Crippen LogP contribution in [0, 0.1) is 0 Å². The van der Waals surface area contributed by atoms with Gasteiger partial charge in [0.25, 0.3) is 5.56 Å². The molecule has 0 spiro atoms. The second-order valence-corrected chi connectivity index (χ2v) is 4.11. The molecule has 0 saturated carbocycles. The first-order valence-corrected chi connectivity index (χ1v) is 5.42. The number of nitrogens with zero attached hydrogens (tertiary/aromatic N) is 3. The quantitative estimate of drug-likeness (QED) is 0.559. The molecule has 2 aromatic heterocycles. The highest BCUT2D eigenvalue weighted by molar-refractivity contribution is 5.69. The number of H-pyrrole nitrogens is 1. The lowest BCUT2D eigenvalue weighted by Crippen LogP contribution is -2.36. The number of hydrogen-bond donors (Lipinski definition) is 3. The molecule has 0 amide bonds. The summed E-state index contributed by atoms with van der Waals surface area (Å²) in [7, 11) is 2.91. The van der Waals surface area contributed by atoms with Crippen LogP contribution in [0.4, 0.5) is 0 Å². The van der Waals surface area contributed by atoms with Gasteiger partial charge in [-0.1, -0.05) is 0 Å². The van der Waals surface area contributed by atoms with E-state index in [4.69, 9.17) is 10.2 Å². The Hall–Kier alpha value is -1.93. The SMILES string of the molecule is Cn1c(=O)c2[nH]c(CCC(O)O)nc2n(C)c1=O. The average molecular weight is 254 g/mol. The summed E-state index contributed by atoms with van der Waals surface area (Å²) in [5, 5.41) is 17.6. The van der Waals surface area contributed by atoms with E-state index in [0.717, 1.165) is 4.57 Å². The van der Waals surface area contributed by atoms with Gasteiger partial charge in [0.15, 0.2) is 11.9 Å². The van der Waals surface area contributed by atoms with Crippen molar-refractivity contribution in [2.75, 3.05) is 0 Å². The van der Waals surface area contributed by atoms with Crippen molar-refractivity contribution in [3.63, 3.8) is 0 Å². The van der Waals surface area contributed by atoms with Crippen molar-refractivity contribution in [1.29, 1.82) is 0 Å². The zero-order chi connectivity index (χ0) is 13.4. The Morgan fingerprint density at radius 1 is 1.28 bits per heavy atom. The normalized spacial score (nSPS) is 11.6. The number of rotatable bonds is 3. The van der Waals surface area contributed by atoms with Crippen LogP contribution in [0.2, 0.25) is 0 Å². The molecular formula is C10H14N4O4. The largest absolute Gasteiger partial charge is 0.368 e. The standard InChI is InChI=1S/C10H14N4O4/c1-13-8-7(9(17)14(2)10(13)18)11-5(12-8)3-4-6(15)16/h6,15-16H,3-4H2,1-2H3,(H,11,12). The fraction of sp³-hybridized carbons (Fsp3) is 0.500. The lowest BCUT2D eigenvalue weighted by Gasteiger charge is -2.00. The van der Waals surface area contributed by atoms with E-state index in [2.05, 4.69) is 9.97 Å². The number of aromatic nitrogens is 4. The van der Waals surface area contributed by atoms with Crippen molar-refractivity contribution in [3.8, 4) is 0 Å². The van der Waals surface area contributed by atoms with E-state index in [-0.39, 0.29) is 24.0 Å². The van der Waals surface area contributed by atoms with Crippen molar-refractivity contribution >= 4 is 11.2 Å². The van der Waals surface area contributed by atoms with Gasteiger partial charge in [-0.2, -0.15) is 0 Å². The molecule has 0 aliphatic rings. The first-order chi connectivity index (χ1) is 8.41. The Morgan fingerprint density at radius 3 is 2.56 bits per heavy atom. The Bertz CT molecular complexity index is 694. The maximum absolute atomic E-state index is 11.8.